The molecule has 0 radical (unpaired) electrons. The predicted molar refractivity (Wildman–Crippen MR) is 102 cm³/mol. The van der Waals surface area contributed by atoms with Gasteiger partial charge in [-0.05, 0) is 30.7 Å². The van der Waals surface area contributed by atoms with Gasteiger partial charge in [0.1, 0.15) is 45.1 Å². The van der Waals surface area contributed by atoms with Gasteiger partial charge in [-0.25, -0.2) is 17.9 Å². The van der Waals surface area contributed by atoms with Crippen molar-refractivity contribution in [2.75, 3.05) is 19.7 Å². The molecule has 13 heteroatoms. The molecule has 1 aliphatic rings. The number of rotatable bonds is 3. The zero-order chi connectivity index (χ0) is 23.4. The number of hydrogen-bond donors (Lipinski definition) is 3. The van der Waals surface area contributed by atoms with E-state index in [0.29, 0.717) is 6.07 Å². The highest BCUT2D eigenvalue weighted by molar-refractivity contribution is 7.82. The maximum Gasteiger partial charge on any atom is 0.433 e. The number of nitrogens with zero attached hydrogens (tertiary/aromatic N) is 3. The van der Waals surface area contributed by atoms with Gasteiger partial charge in [0.15, 0.2) is 0 Å². The Kier molecular flexibility index (Phi) is 7.96. The largest absolute Gasteiger partial charge is 0.508 e. The van der Waals surface area contributed by atoms with E-state index in [-0.39, 0.29) is 35.7 Å². The van der Waals surface area contributed by atoms with Gasteiger partial charge in [-0.2, -0.15) is 18.4 Å². The lowest BCUT2D eigenvalue weighted by atomic mass is 10.1. The highest BCUT2D eigenvalue weighted by atomic mass is 35.5. The van der Waals surface area contributed by atoms with Gasteiger partial charge in [0.05, 0.1) is 17.1 Å². The molecule has 0 bridgehead atoms. The van der Waals surface area contributed by atoms with Gasteiger partial charge in [-0.3, -0.25) is 0 Å². The van der Waals surface area contributed by atoms with Gasteiger partial charge < -0.3 is 15.3 Å². The predicted octanol–water partition coefficient (Wildman–Crippen LogP) is 2.61. The lowest BCUT2D eigenvalue weighted by Gasteiger charge is -2.20. The second kappa shape index (κ2) is 9.88. The molecule has 0 saturated carbocycles. The number of aromatic hydroxyl groups is 1. The van der Waals surface area contributed by atoms with Gasteiger partial charge in [0.25, 0.3) is 0 Å². The summed E-state index contributed by atoms with van der Waals surface area (Å²) in [5.41, 5.74) is -2.58. The topological polar surface area (TPSA) is 118 Å². The number of aliphatic hydroxyl groups excluding tert-OH is 1. The summed E-state index contributed by atoms with van der Waals surface area (Å²) in [6.45, 7) is -0.325. The molecular formula is C18H16ClF4N3O4S. The van der Waals surface area contributed by atoms with Crippen LogP contribution < -0.4 is 0 Å². The number of benzene rings is 1. The third-order valence-electron chi connectivity index (χ3n) is 4.19. The summed E-state index contributed by atoms with van der Waals surface area (Å²) in [4.78, 5) is 3.14. The van der Waals surface area contributed by atoms with Crippen molar-refractivity contribution in [2.24, 2.45) is 0 Å². The van der Waals surface area contributed by atoms with Crippen molar-refractivity contribution in [3.63, 3.8) is 0 Å². The first kappa shape index (κ1) is 25.0. The Morgan fingerprint density at radius 2 is 2.00 bits per heavy atom. The second-order valence-corrected chi connectivity index (χ2v) is 8.32. The average molecular weight is 482 g/mol. The molecule has 3 N–H and O–H groups in total. The van der Waals surface area contributed by atoms with E-state index in [4.69, 9.17) is 27.1 Å². The van der Waals surface area contributed by atoms with Crippen LogP contribution in [0.4, 0.5) is 17.6 Å². The Bertz CT molecular complexity index is 1020. The fraction of sp³-hybridized carbons (Fsp3) is 0.333. The fourth-order valence-corrected chi connectivity index (χ4v) is 4.15. The highest BCUT2D eigenvalue weighted by Crippen LogP contribution is 2.32. The van der Waals surface area contributed by atoms with Crippen molar-refractivity contribution in [1.82, 2.24) is 9.29 Å². The molecule has 168 valence electrons. The van der Waals surface area contributed by atoms with E-state index in [1.165, 1.54) is 16.4 Å². The van der Waals surface area contributed by atoms with E-state index in [1.54, 1.807) is 6.07 Å². The van der Waals surface area contributed by atoms with Crippen LogP contribution in [0, 0.1) is 17.1 Å². The van der Waals surface area contributed by atoms with Gasteiger partial charge in [-0.1, -0.05) is 11.6 Å². The van der Waals surface area contributed by atoms with E-state index in [0.717, 1.165) is 12.1 Å². The van der Waals surface area contributed by atoms with E-state index >= 15 is 0 Å². The van der Waals surface area contributed by atoms with Crippen LogP contribution >= 0.6 is 11.6 Å². The van der Waals surface area contributed by atoms with Gasteiger partial charge in [0, 0.05) is 19.2 Å². The normalized spacial score (nSPS) is 19.9. The molecule has 2 atom stereocenters. The molecule has 1 aliphatic heterocycles. The van der Waals surface area contributed by atoms with Crippen LogP contribution in [0.5, 0.6) is 5.75 Å². The molecular weight excluding hydrogens is 466 g/mol. The van der Waals surface area contributed by atoms with Crippen molar-refractivity contribution < 1.29 is 37.1 Å². The van der Waals surface area contributed by atoms with E-state index in [9.17, 15) is 26.9 Å². The average Bonchev–Trinajstić information content (AvgIpc) is 3.10. The standard InChI is InChI=1S/C11H12ClF3N2O3S.C7H4FNO/c12-9-7(1-2-8(16-9)11(13,14)15)21(20)17-4-3-10(19,5-17)6-18;8-7-3-6(10)2-1-5(7)4-9/h1-2,18-19H,3-6H2;1-3,10H. The number of aromatic nitrogens is 1. The molecule has 2 aromatic rings. The summed E-state index contributed by atoms with van der Waals surface area (Å²) in [6, 6.07) is 6.74. The molecule has 7 nitrogen and oxygen atoms in total. The summed E-state index contributed by atoms with van der Waals surface area (Å²) in [5.74, 6) is -0.862. The lowest BCUT2D eigenvalue weighted by Crippen LogP contribution is -2.37. The lowest BCUT2D eigenvalue weighted by molar-refractivity contribution is -0.141. The van der Waals surface area contributed by atoms with Crippen LogP contribution in [-0.2, 0) is 17.2 Å². The Labute approximate surface area is 181 Å². The number of phenolic OH excluding ortho intramolecular Hbond substituents is 1. The summed E-state index contributed by atoms with van der Waals surface area (Å²) in [6.07, 6.45) is -4.42. The fourth-order valence-electron chi connectivity index (χ4n) is 2.53. The molecule has 1 saturated heterocycles. The Balaban J connectivity index is 0.000000285. The third-order valence-corrected chi connectivity index (χ3v) is 6.08. The number of alkyl halides is 3. The zero-order valence-electron chi connectivity index (χ0n) is 15.6. The molecule has 0 spiro atoms. The van der Waals surface area contributed by atoms with Crippen LogP contribution in [0.1, 0.15) is 17.7 Å². The zero-order valence-corrected chi connectivity index (χ0v) is 17.2. The van der Waals surface area contributed by atoms with E-state index in [1.807, 2.05) is 0 Å². The number of aliphatic hydroxyl groups is 2. The molecule has 0 amide bonds. The summed E-state index contributed by atoms with van der Waals surface area (Å²) in [7, 11) is -1.85. The minimum atomic E-state index is -4.63. The molecule has 1 aromatic carbocycles. The van der Waals surface area contributed by atoms with Crippen LogP contribution in [-0.4, -0.2) is 54.1 Å². The number of hydrogen-bond acceptors (Lipinski definition) is 6. The number of halogens is 5. The Hall–Kier alpha value is -2.30. The SMILES string of the molecule is N#Cc1ccc(O)cc1F.O=S(c1ccc(C(F)(F)F)nc1Cl)N1CCC(O)(CO)C1. The number of phenols is 1. The summed E-state index contributed by atoms with van der Waals surface area (Å²) < 4.78 is 63.5. The van der Waals surface area contributed by atoms with Gasteiger partial charge in [0.2, 0.25) is 0 Å². The van der Waals surface area contributed by atoms with Crippen molar-refractivity contribution in [3.8, 4) is 11.8 Å². The van der Waals surface area contributed by atoms with Crippen LogP contribution in [0.2, 0.25) is 5.15 Å². The van der Waals surface area contributed by atoms with E-state index < -0.39 is 46.0 Å². The molecule has 2 heterocycles. The van der Waals surface area contributed by atoms with Crippen molar-refractivity contribution in [2.45, 2.75) is 23.1 Å². The summed E-state index contributed by atoms with van der Waals surface area (Å²) >= 11 is 5.67. The molecule has 31 heavy (non-hydrogen) atoms. The second-order valence-electron chi connectivity index (χ2n) is 6.50. The van der Waals surface area contributed by atoms with Crippen LogP contribution in [0.15, 0.2) is 35.2 Å². The number of pyridine rings is 1. The third kappa shape index (κ3) is 6.34. The van der Waals surface area contributed by atoms with Gasteiger partial charge >= 0.3 is 6.18 Å². The molecule has 0 aliphatic carbocycles. The van der Waals surface area contributed by atoms with Crippen molar-refractivity contribution in [3.05, 3.63) is 52.6 Å². The van der Waals surface area contributed by atoms with Crippen LogP contribution in [0.25, 0.3) is 0 Å². The van der Waals surface area contributed by atoms with Gasteiger partial charge in [-0.15, -0.1) is 0 Å². The number of nitriles is 1. The van der Waals surface area contributed by atoms with Crippen molar-refractivity contribution in [1.29, 1.82) is 5.26 Å². The smallest absolute Gasteiger partial charge is 0.433 e. The van der Waals surface area contributed by atoms with E-state index in [2.05, 4.69) is 4.98 Å². The first-order chi connectivity index (χ1) is 14.4. The molecule has 2 unspecified atom stereocenters. The minimum absolute atomic E-state index is 0.0576. The Morgan fingerprint density at radius 3 is 2.48 bits per heavy atom. The summed E-state index contributed by atoms with van der Waals surface area (Å²) in [5, 5.41) is 35.3. The first-order valence-electron chi connectivity index (χ1n) is 8.52. The maximum absolute atomic E-state index is 12.5. The van der Waals surface area contributed by atoms with Crippen molar-refractivity contribution >= 4 is 22.6 Å². The highest BCUT2D eigenvalue weighted by Gasteiger charge is 2.39. The molecule has 1 fully saturated rings. The Morgan fingerprint density at radius 1 is 1.32 bits per heavy atom. The van der Waals surface area contributed by atoms with Crippen LogP contribution in [0.3, 0.4) is 0 Å². The quantitative estimate of drug-likeness (QED) is 0.458. The molecule has 1 aromatic heterocycles. The number of β-amino-alcohol motifs (C(OH)–C–C–N with tert-alkyl or cyclic N) is 1. The molecule has 3 rings (SSSR count). The minimum Gasteiger partial charge on any atom is -0.508 e. The maximum atomic E-state index is 12.5. The first-order valence-corrected chi connectivity index (χ1v) is 10.0. The monoisotopic (exact) mass is 481 g/mol.